The molecule has 0 aliphatic rings. The zero-order chi connectivity index (χ0) is 14.5. The molecule has 0 bridgehead atoms. The summed E-state index contributed by atoms with van der Waals surface area (Å²) >= 11 is 5.93. The molecule has 0 aromatic carbocycles. The molecule has 2 aromatic rings. The number of ether oxygens (including phenoxy) is 1. The molecule has 20 heavy (non-hydrogen) atoms. The molecule has 0 spiro atoms. The first-order chi connectivity index (χ1) is 9.54. The number of hydrogen-bond donors (Lipinski definition) is 0. The number of hydrogen-bond acceptors (Lipinski definition) is 4. The van der Waals surface area contributed by atoms with Crippen LogP contribution in [0.3, 0.4) is 0 Å². The third-order valence-electron chi connectivity index (χ3n) is 2.46. The monoisotopic (exact) mass is 302 g/mol. The summed E-state index contributed by atoms with van der Waals surface area (Å²) in [5, 5.41) is 4.35. The van der Waals surface area contributed by atoms with Crippen LogP contribution in [-0.4, -0.2) is 39.4 Å². The Hall–Kier alpha value is -1.60. The van der Waals surface area contributed by atoms with E-state index in [1.165, 1.54) is 0 Å². The van der Waals surface area contributed by atoms with Gasteiger partial charge in [-0.1, -0.05) is 11.6 Å². The maximum absolute atomic E-state index is 11.9. The van der Waals surface area contributed by atoms with Crippen molar-refractivity contribution >= 4 is 11.6 Å². The van der Waals surface area contributed by atoms with Crippen LogP contribution in [0, 0.1) is 0 Å². The molecule has 0 N–H and O–H groups in total. The summed E-state index contributed by atoms with van der Waals surface area (Å²) in [6.45, 7) is -0.465. The van der Waals surface area contributed by atoms with Crippen LogP contribution in [0.5, 0.6) is 0 Å². The van der Waals surface area contributed by atoms with Gasteiger partial charge in [0, 0.05) is 31.3 Å². The van der Waals surface area contributed by atoms with E-state index in [1.807, 2.05) is 0 Å². The molecular formula is C12H13ClF2N4O. The van der Waals surface area contributed by atoms with Crippen LogP contribution >= 0.6 is 11.6 Å². The van der Waals surface area contributed by atoms with Gasteiger partial charge in [0.05, 0.1) is 18.5 Å². The van der Waals surface area contributed by atoms with Crippen molar-refractivity contribution in [1.82, 2.24) is 19.7 Å². The van der Waals surface area contributed by atoms with Gasteiger partial charge >= 0.3 is 0 Å². The molecule has 5 nitrogen and oxygen atoms in total. The van der Waals surface area contributed by atoms with Gasteiger partial charge in [-0.2, -0.15) is 5.10 Å². The molecule has 2 aromatic heterocycles. The second kappa shape index (κ2) is 6.71. The Morgan fingerprint density at radius 3 is 2.85 bits per heavy atom. The van der Waals surface area contributed by atoms with E-state index in [0.717, 1.165) is 5.56 Å². The lowest BCUT2D eigenvalue weighted by atomic mass is 10.2. The van der Waals surface area contributed by atoms with Crippen LogP contribution < -0.4 is 0 Å². The molecule has 0 atom stereocenters. The smallest absolute Gasteiger partial charge is 0.261 e. The lowest BCUT2D eigenvalue weighted by Gasteiger charge is -2.05. The van der Waals surface area contributed by atoms with Gasteiger partial charge < -0.3 is 4.74 Å². The number of rotatable bonds is 6. The van der Waals surface area contributed by atoms with E-state index >= 15 is 0 Å². The standard InChI is InChI=1S/C12H13ClF2N4O/c1-19-6-8(5-16-19)9-4-10(13)18-12(17-9)2-3-20-7-11(14)15/h4-6,11H,2-3,7H2,1H3. The molecule has 8 heteroatoms. The van der Waals surface area contributed by atoms with Crippen molar-refractivity contribution in [2.24, 2.45) is 7.05 Å². The van der Waals surface area contributed by atoms with Crippen molar-refractivity contribution in [3.8, 4) is 11.3 Å². The van der Waals surface area contributed by atoms with Gasteiger partial charge in [-0.05, 0) is 0 Å². The van der Waals surface area contributed by atoms with Gasteiger partial charge in [0.2, 0.25) is 0 Å². The third kappa shape index (κ3) is 4.21. The molecule has 0 aliphatic heterocycles. The predicted octanol–water partition coefficient (Wildman–Crippen LogP) is 2.35. The van der Waals surface area contributed by atoms with Gasteiger partial charge in [0.15, 0.2) is 0 Å². The van der Waals surface area contributed by atoms with E-state index in [4.69, 9.17) is 16.3 Å². The maximum atomic E-state index is 11.9. The minimum Gasteiger partial charge on any atom is -0.375 e. The van der Waals surface area contributed by atoms with Crippen molar-refractivity contribution < 1.29 is 13.5 Å². The minimum absolute atomic E-state index is 0.122. The maximum Gasteiger partial charge on any atom is 0.261 e. The van der Waals surface area contributed by atoms with Crippen molar-refractivity contribution in [1.29, 1.82) is 0 Å². The Morgan fingerprint density at radius 2 is 2.20 bits per heavy atom. The Kier molecular flexibility index (Phi) is 4.97. The Morgan fingerprint density at radius 1 is 1.40 bits per heavy atom. The molecule has 0 fully saturated rings. The summed E-state index contributed by atoms with van der Waals surface area (Å²) in [6, 6.07) is 1.63. The Labute approximate surface area is 119 Å². The van der Waals surface area contributed by atoms with Gasteiger partial charge in [0.25, 0.3) is 6.43 Å². The lowest BCUT2D eigenvalue weighted by Crippen LogP contribution is -2.09. The third-order valence-corrected chi connectivity index (χ3v) is 2.65. The van der Waals surface area contributed by atoms with E-state index in [1.54, 1.807) is 30.2 Å². The molecule has 2 rings (SSSR count). The van der Waals surface area contributed by atoms with Crippen molar-refractivity contribution in [2.45, 2.75) is 12.8 Å². The topological polar surface area (TPSA) is 52.8 Å². The first kappa shape index (κ1) is 14.8. The van der Waals surface area contributed by atoms with Crippen LogP contribution in [0.15, 0.2) is 18.5 Å². The zero-order valence-electron chi connectivity index (χ0n) is 10.8. The van der Waals surface area contributed by atoms with E-state index in [0.29, 0.717) is 23.1 Å². The average Bonchev–Trinajstić information content (AvgIpc) is 2.81. The van der Waals surface area contributed by atoms with Crippen LogP contribution in [0.2, 0.25) is 5.15 Å². The highest BCUT2D eigenvalue weighted by atomic mass is 35.5. The van der Waals surface area contributed by atoms with E-state index in [9.17, 15) is 8.78 Å². The fourth-order valence-electron chi connectivity index (χ4n) is 1.61. The van der Waals surface area contributed by atoms with E-state index in [-0.39, 0.29) is 6.61 Å². The fourth-order valence-corrected chi connectivity index (χ4v) is 1.81. The largest absolute Gasteiger partial charge is 0.375 e. The highest BCUT2D eigenvalue weighted by Crippen LogP contribution is 2.19. The SMILES string of the molecule is Cn1cc(-c2cc(Cl)nc(CCOCC(F)F)n2)cn1. The molecule has 0 saturated heterocycles. The summed E-state index contributed by atoms with van der Waals surface area (Å²) in [4.78, 5) is 8.36. The van der Waals surface area contributed by atoms with Gasteiger partial charge in [-0.15, -0.1) is 0 Å². The summed E-state index contributed by atoms with van der Waals surface area (Å²) in [5.41, 5.74) is 1.45. The number of aromatic nitrogens is 4. The average molecular weight is 303 g/mol. The molecule has 108 valence electrons. The Balaban J connectivity index is 2.05. The van der Waals surface area contributed by atoms with Crippen LogP contribution in [0.25, 0.3) is 11.3 Å². The Bertz CT molecular complexity index is 576. The first-order valence-corrected chi connectivity index (χ1v) is 6.31. The van der Waals surface area contributed by atoms with Crippen molar-refractivity contribution in [3.05, 3.63) is 29.4 Å². The van der Waals surface area contributed by atoms with Crippen molar-refractivity contribution in [2.75, 3.05) is 13.2 Å². The fraction of sp³-hybridized carbons (Fsp3) is 0.417. The normalized spacial score (nSPS) is 11.2. The number of halogens is 3. The minimum atomic E-state index is -2.47. The lowest BCUT2D eigenvalue weighted by molar-refractivity contribution is 0.0183. The number of aryl methyl sites for hydroxylation is 1. The zero-order valence-corrected chi connectivity index (χ0v) is 11.5. The number of nitrogens with zero attached hydrogens (tertiary/aromatic N) is 4. The highest BCUT2D eigenvalue weighted by molar-refractivity contribution is 6.29. The predicted molar refractivity (Wildman–Crippen MR) is 69.8 cm³/mol. The van der Waals surface area contributed by atoms with Crippen LogP contribution in [0.4, 0.5) is 8.78 Å². The molecule has 0 unspecified atom stereocenters. The molecule has 0 saturated carbocycles. The molecular weight excluding hydrogens is 290 g/mol. The second-order valence-corrected chi connectivity index (χ2v) is 4.50. The van der Waals surface area contributed by atoms with Crippen molar-refractivity contribution in [3.63, 3.8) is 0 Å². The van der Waals surface area contributed by atoms with Gasteiger partial charge in [-0.3, -0.25) is 4.68 Å². The molecule has 2 heterocycles. The van der Waals surface area contributed by atoms with Crippen LogP contribution in [0.1, 0.15) is 5.82 Å². The van der Waals surface area contributed by atoms with Gasteiger partial charge in [0.1, 0.15) is 17.6 Å². The highest BCUT2D eigenvalue weighted by Gasteiger charge is 2.08. The first-order valence-electron chi connectivity index (χ1n) is 5.93. The van der Waals surface area contributed by atoms with E-state index in [2.05, 4.69) is 15.1 Å². The summed E-state index contributed by atoms with van der Waals surface area (Å²) in [5.74, 6) is 0.450. The van der Waals surface area contributed by atoms with E-state index < -0.39 is 13.0 Å². The quantitative estimate of drug-likeness (QED) is 0.607. The molecule has 0 amide bonds. The molecule has 0 aliphatic carbocycles. The molecule has 0 radical (unpaired) electrons. The van der Waals surface area contributed by atoms with Crippen LogP contribution in [-0.2, 0) is 18.2 Å². The summed E-state index contributed by atoms with van der Waals surface area (Å²) in [6.07, 6.45) is 1.31. The second-order valence-electron chi connectivity index (χ2n) is 4.11. The summed E-state index contributed by atoms with van der Waals surface area (Å²) in [7, 11) is 1.80. The number of alkyl halides is 2. The van der Waals surface area contributed by atoms with Gasteiger partial charge in [-0.25, -0.2) is 18.7 Å². The summed E-state index contributed by atoms with van der Waals surface area (Å²) < 4.78 is 30.3.